The monoisotopic (exact) mass is 305 g/mol. The molecule has 2 aromatic carbocycles. The summed E-state index contributed by atoms with van der Waals surface area (Å²) in [4.78, 5) is 12.4. The van der Waals surface area contributed by atoms with Gasteiger partial charge in [-0.1, -0.05) is 48.5 Å². The third-order valence-electron chi connectivity index (χ3n) is 3.78. The first-order chi connectivity index (χ1) is 11.1. The largest absolute Gasteiger partial charge is 0.320 e. The molecule has 0 atom stereocenters. The van der Waals surface area contributed by atoms with Gasteiger partial charge in [0.05, 0.1) is 6.54 Å². The average molecular weight is 305 g/mol. The van der Waals surface area contributed by atoms with Crippen LogP contribution in [-0.4, -0.2) is 15.7 Å². The summed E-state index contributed by atoms with van der Waals surface area (Å²) in [6.45, 7) is 4.58. The molecule has 0 aliphatic rings. The van der Waals surface area contributed by atoms with Gasteiger partial charge in [-0.2, -0.15) is 5.10 Å². The first-order valence-corrected chi connectivity index (χ1v) is 7.59. The van der Waals surface area contributed by atoms with Crippen molar-refractivity contribution in [3.63, 3.8) is 0 Å². The predicted molar refractivity (Wildman–Crippen MR) is 91.6 cm³/mol. The molecule has 1 N–H and O–H groups in total. The molecule has 1 amide bonds. The van der Waals surface area contributed by atoms with Crippen LogP contribution in [0, 0.1) is 13.8 Å². The van der Waals surface area contributed by atoms with Crippen molar-refractivity contribution in [3.8, 4) is 0 Å². The van der Waals surface area contributed by atoms with Crippen LogP contribution in [0.2, 0.25) is 0 Å². The molecule has 0 fully saturated rings. The fourth-order valence-electron chi connectivity index (χ4n) is 2.44. The molecule has 0 aliphatic heterocycles. The summed E-state index contributed by atoms with van der Waals surface area (Å²) in [7, 11) is 0. The molecule has 4 nitrogen and oxygen atoms in total. The minimum absolute atomic E-state index is 0.186. The van der Waals surface area contributed by atoms with Crippen LogP contribution < -0.4 is 5.32 Å². The van der Waals surface area contributed by atoms with E-state index in [9.17, 15) is 4.79 Å². The summed E-state index contributed by atoms with van der Waals surface area (Å²) in [5, 5.41) is 7.35. The van der Waals surface area contributed by atoms with Crippen LogP contribution >= 0.6 is 0 Å². The number of carbonyl (C=O) groups is 1. The number of rotatable bonds is 4. The predicted octanol–water partition coefficient (Wildman–Crippen LogP) is 3.80. The summed E-state index contributed by atoms with van der Waals surface area (Å²) >= 11 is 0. The van der Waals surface area contributed by atoms with E-state index in [-0.39, 0.29) is 5.91 Å². The van der Waals surface area contributed by atoms with Crippen molar-refractivity contribution in [2.75, 3.05) is 5.32 Å². The maximum absolute atomic E-state index is 12.4. The molecule has 0 radical (unpaired) electrons. The highest BCUT2D eigenvalue weighted by Crippen LogP contribution is 2.15. The lowest BCUT2D eigenvalue weighted by Gasteiger charge is -2.06. The van der Waals surface area contributed by atoms with Gasteiger partial charge < -0.3 is 5.32 Å². The number of hydrogen-bond donors (Lipinski definition) is 1. The highest BCUT2D eigenvalue weighted by molar-refractivity contribution is 6.03. The van der Waals surface area contributed by atoms with Crippen LogP contribution in [-0.2, 0) is 6.54 Å². The van der Waals surface area contributed by atoms with E-state index in [4.69, 9.17) is 0 Å². The summed E-state index contributed by atoms with van der Waals surface area (Å²) in [6, 6.07) is 19.6. The summed E-state index contributed by atoms with van der Waals surface area (Å²) in [6.07, 6.45) is 0. The smallest absolute Gasteiger partial charge is 0.276 e. The van der Waals surface area contributed by atoms with Gasteiger partial charge in [-0.15, -0.1) is 0 Å². The molecule has 3 aromatic rings. The Labute approximate surface area is 135 Å². The first kappa shape index (κ1) is 15.0. The average Bonchev–Trinajstić information content (AvgIpc) is 2.92. The highest BCUT2D eigenvalue weighted by atomic mass is 16.1. The number of anilines is 1. The number of hydrogen-bond acceptors (Lipinski definition) is 2. The van der Waals surface area contributed by atoms with E-state index in [1.165, 1.54) is 0 Å². The zero-order chi connectivity index (χ0) is 16.2. The molecule has 0 spiro atoms. The van der Waals surface area contributed by atoms with Gasteiger partial charge in [0.2, 0.25) is 0 Å². The first-order valence-electron chi connectivity index (χ1n) is 7.59. The van der Waals surface area contributed by atoms with Crippen molar-refractivity contribution in [2.24, 2.45) is 0 Å². The van der Waals surface area contributed by atoms with Crippen LogP contribution in [0.4, 0.5) is 5.69 Å². The van der Waals surface area contributed by atoms with E-state index in [0.29, 0.717) is 12.2 Å². The van der Waals surface area contributed by atoms with Gasteiger partial charge in [0.15, 0.2) is 5.69 Å². The molecule has 4 heteroatoms. The lowest BCUT2D eigenvalue weighted by molar-refractivity contribution is 0.102. The normalized spacial score (nSPS) is 10.5. The van der Waals surface area contributed by atoms with Crippen LogP contribution in [0.1, 0.15) is 27.3 Å². The Morgan fingerprint density at radius 3 is 2.48 bits per heavy atom. The number of para-hydroxylation sites is 1. The Morgan fingerprint density at radius 2 is 1.74 bits per heavy atom. The van der Waals surface area contributed by atoms with Gasteiger partial charge in [-0.3, -0.25) is 9.48 Å². The summed E-state index contributed by atoms with van der Waals surface area (Å²) in [5.41, 5.74) is 4.39. The number of carbonyl (C=O) groups excluding carboxylic acids is 1. The highest BCUT2D eigenvalue weighted by Gasteiger charge is 2.13. The molecule has 3 rings (SSSR count). The van der Waals surface area contributed by atoms with Gasteiger partial charge in [-0.25, -0.2) is 0 Å². The maximum atomic E-state index is 12.4. The van der Waals surface area contributed by atoms with Gasteiger partial charge in [0.25, 0.3) is 5.91 Å². The lowest BCUT2D eigenvalue weighted by Crippen LogP contribution is -2.14. The number of benzene rings is 2. The second kappa shape index (κ2) is 6.48. The van der Waals surface area contributed by atoms with Crippen molar-refractivity contribution in [1.29, 1.82) is 0 Å². The molecule has 1 heterocycles. The van der Waals surface area contributed by atoms with E-state index in [0.717, 1.165) is 22.5 Å². The molecular weight excluding hydrogens is 286 g/mol. The Balaban J connectivity index is 1.77. The summed E-state index contributed by atoms with van der Waals surface area (Å²) < 4.78 is 1.85. The van der Waals surface area contributed by atoms with E-state index in [2.05, 4.69) is 10.4 Å². The Hall–Kier alpha value is -2.88. The van der Waals surface area contributed by atoms with Crippen molar-refractivity contribution in [3.05, 3.63) is 83.2 Å². The van der Waals surface area contributed by atoms with E-state index >= 15 is 0 Å². The fraction of sp³-hybridized carbons (Fsp3) is 0.158. The van der Waals surface area contributed by atoms with Crippen molar-refractivity contribution >= 4 is 11.6 Å². The lowest BCUT2D eigenvalue weighted by atomic mass is 10.2. The maximum Gasteiger partial charge on any atom is 0.276 e. The van der Waals surface area contributed by atoms with Crippen LogP contribution in [0.3, 0.4) is 0 Å². The zero-order valence-electron chi connectivity index (χ0n) is 13.3. The number of nitrogens with one attached hydrogen (secondary N) is 1. The number of aromatic nitrogens is 2. The van der Waals surface area contributed by atoms with E-state index in [1.54, 1.807) is 0 Å². The van der Waals surface area contributed by atoms with Crippen LogP contribution in [0.5, 0.6) is 0 Å². The quantitative estimate of drug-likeness (QED) is 0.797. The van der Waals surface area contributed by atoms with Crippen molar-refractivity contribution in [2.45, 2.75) is 20.4 Å². The topological polar surface area (TPSA) is 46.9 Å². The Bertz CT molecular complexity index is 822. The third kappa shape index (κ3) is 3.48. The van der Waals surface area contributed by atoms with Crippen LogP contribution in [0.25, 0.3) is 0 Å². The zero-order valence-corrected chi connectivity index (χ0v) is 13.3. The minimum atomic E-state index is -0.186. The van der Waals surface area contributed by atoms with E-state index in [1.807, 2.05) is 79.2 Å². The Kier molecular flexibility index (Phi) is 4.24. The summed E-state index contributed by atoms with van der Waals surface area (Å²) in [5.74, 6) is -0.186. The number of nitrogens with zero attached hydrogens (tertiary/aromatic N) is 2. The molecule has 116 valence electrons. The molecule has 0 bridgehead atoms. The van der Waals surface area contributed by atoms with Crippen LogP contribution in [0.15, 0.2) is 60.7 Å². The van der Waals surface area contributed by atoms with Crippen molar-refractivity contribution < 1.29 is 4.79 Å². The second-order valence-corrected chi connectivity index (χ2v) is 5.58. The standard InChI is InChI=1S/C19H19N3O/c1-14-8-6-7-11-17(14)20-19(23)18-12-15(2)22(21-18)13-16-9-4-3-5-10-16/h3-12H,13H2,1-2H3,(H,20,23). The second-order valence-electron chi connectivity index (χ2n) is 5.58. The van der Waals surface area contributed by atoms with Gasteiger partial charge >= 0.3 is 0 Å². The van der Waals surface area contributed by atoms with E-state index < -0.39 is 0 Å². The third-order valence-corrected chi connectivity index (χ3v) is 3.78. The number of aryl methyl sites for hydroxylation is 2. The molecular formula is C19H19N3O. The Morgan fingerprint density at radius 1 is 1.04 bits per heavy atom. The van der Waals surface area contributed by atoms with Gasteiger partial charge in [0, 0.05) is 11.4 Å². The molecule has 0 aliphatic carbocycles. The fourth-order valence-corrected chi connectivity index (χ4v) is 2.44. The SMILES string of the molecule is Cc1ccccc1NC(=O)c1cc(C)n(Cc2ccccc2)n1. The molecule has 23 heavy (non-hydrogen) atoms. The minimum Gasteiger partial charge on any atom is -0.320 e. The molecule has 1 aromatic heterocycles. The molecule has 0 saturated carbocycles. The van der Waals surface area contributed by atoms with Crippen molar-refractivity contribution in [1.82, 2.24) is 9.78 Å². The molecule has 0 unspecified atom stereocenters. The molecule has 0 saturated heterocycles. The number of amides is 1. The van der Waals surface area contributed by atoms with Gasteiger partial charge in [-0.05, 0) is 37.1 Å². The van der Waals surface area contributed by atoms with Gasteiger partial charge in [0.1, 0.15) is 0 Å².